The van der Waals surface area contributed by atoms with E-state index in [1.54, 1.807) is 0 Å². The molecule has 21 heavy (non-hydrogen) atoms. The highest BCUT2D eigenvalue weighted by atomic mass is 16.5. The van der Waals surface area contributed by atoms with Gasteiger partial charge in [0.05, 0.1) is 6.04 Å². The van der Waals surface area contributed by atoms with E-state index in [1.165, 1.54) is 24.8 Å². The van der Waals surface area contributed by atoms with Gasteiger partial charge in [-0.05, 0) is 43.2 Å². The Balaban J connectivity index is 1.41. The number of benzene rings is 1. The van der Waals surface area contributed by atoms with Gasteiger partial charge in [-0.3, -0.25) is 0 Å². The number of hydrogen-bond acceptors (Lipinski definition) is 4. The zero-order valence-electron chi connectivity index (χ0n) is 12.2. The van der Waals surface area contributed by atoms with Crippen molar-refractivity contribution in [1.82, 2.24) is 15.5 Å². The second-order valence-electron chi connectivity index (χ2n) is 6.28. The lowest BCUT2D eigenvalue weighted by atomic mass is 9.94. The Morgan fingerprint density at radius 3 is 2.95 bits per heavy atom. The van der Waals surface area contributed by atoms with E-state index in [2.05, 4.69) is 39.7 Å². The lowest BCUT2D eigenvalue weighted by molar-refractivity contribution is 0.300. The molecular weight excluding hydrogens is 262 g/mol. The average molecular weight is 283 g/mol. The number of aryl methyl sites for hydroxylation is 2. The van der Waals surface area contributed by atoms with Gasteiger partial charge in [0.2, 0.25) is 5.89 Å². The van der Waals surface area contributed by atoms with Crippen LogP contribution in [0.25, 0.3) is 0 Å². The molecule has 1 aliphatic heterocycles. The van der Waals surface area contributed by atoms with Crippen LogP contribution in [-0.4, -0.2) is 16.7 Å². The summed E-state index contributed by atoms with van der Waals surface area (Å²) in [5.74, 6) is 3.15. The Morgan fingerprint density at radius 1 is 1.14 bits per heavy atom. The summed E-state index contributed by atoms with van der Waals surface area (Å²) in [4.78, 5) is 4.63. The topological polar surface area (TPSA) is 51.0 Å². The van der Waals surface area contributed by atoms with Gasteiger partial charge >= 0.3 is 0 Å². The highest BCUT2D eigenvalue weighted by Gasteiger charge is 2.42. The lowest BCUT2D eigenvalue weighted by Crippen LogP contribution is -2.18. The molecule has 2 heterocycles. The molecule has 3 atom stereocenters. The quantitative estimate of drug-likeness (QED) is 0.937. The number of fused-ring (bicyclic) bond motifs is 1. The SMILES string of the molecule is c1ccc(CCc2noc(C3NCC4CCCC43)n2)cc1. The molecule has 3 unspecified atom stereocenters. The van der Waals surface area contributed by atoms with Gasteiger partial charge in [0.25, 0.3) is 0 Å². The second-order valence-corrected chi connectivity index (χ2v) is 6.28. The molecule has 0 spiro atoms. The first-order chi connectivity index (χ1) is 10.4. The average Bonchev–Trinajstić information content (AvgIpc) is 3.22. The zero-order valence-corrected chi connectivity index (χ0v) is 12.2. The van der Waals surface area contributed by atoms with Crippen LogP contribution in [0.1, 0.15) is 42.6 Å². The summed E-state index contributed by atoms with van der Waals surface area (Å²) in [6, 6.07) is 10.8. The molecule has 4 rings (SSSR count). The first-order valence-electron chi connectivity index (χ1n) is 8.00. The normalized spacial score (nSPS) is 27.9. The summed E-state index contributed by atoms with van der Waals surface area (Å²) in [5.41, 5.74) is 1.32. The minimum absolute atomic E-state index is 0.287. The van der Waals surface area contributed by atoms with Crippen LogP contribution >= 0.6 is 0 Å². The molecule has 0 bridgehead atoms. The fourth-order valence-electron chi connectivity index (χ4n) is 3.85. The predicted molar refractivity (Wildman–Crippen MR) is 79.7 cm³/mol. The first-order valence-corrected chi connectivity index (χ1v) is 8.00. The van der Waals surface area contributed by atoms with Crippen LogP contribution in [0.4, 0.5) is 0 Å². The third-order valence-electron chi connectivity index (χ3n) is 4.98. The summed E-state index contributed by atoms with van der Waals surface area (Å²) < 4.78 is 5.52. The molecule has 1 saturated heterocycles. The van der Waals surface area contributed by atoms with Crippen LogP contribution in [0.5, 0.6) is 0 Å². The molecule has 1 aromatic carbocycles. The highest BCUT2D eigenvalue weighted by Crippen LogP contribution is 2.43. The standard InChI is InChI=1S/C17H21N3O/c1-2-5-12(6-3-1)9-10-15-19-17(21-20-15)16-14-8-4-7-13(14)11-18-16/h1-3,5-6,13-14,16,18H,4,7-11H2. The second kappa shape index (κ2) is 5.60. The number of nitrogens with zero attached hydrogens (tertiary/aromatic N) is 2. The molecule has 2 aromatic rings. The molecule has 2 aliphatic rings. The fourth-order valence-corrected chi connectivity index (χ4v) is 3.85. The number of rotatable bonds is 4. The van der Waals surface area contributed by atoms with Gasteiger partial charge in [0.1, 0.15) is 0 Å². The van der Waals surface area contributed by atoms with Gasteiger partial charge in [-0.2, -0.15) is 4.98 Å². The van der Waals surface area contributed by atoms with Crippen LogP contribution in [0, 0.1) is 11.8 Å². The summed E-state index contributed by atoms with van der Waals surface area (Å²) in [5, 5.41) is 7.73. The molecule has 0 radical (unpaired) electrons. The van der Waals surface area contributed by atoms with E-state index in [9.17, 15) is 0 Å². The van der Waals surface area contributed by atoms with Crippen molar-refractivity contribution in [2.75, 3.05) is 6.54 Å². The van der Waals surface area contributed by atoms with Crippen LogP contribution in [0.2, 0.25) is 0 Å². The molecule has 110 valence electrons. The maximum Gasteiger partial charge on any atom is 0.244 e. The molecular formula is C17H21N3O. The first kappa shape index (κ1) is 13.0. The van der Waals surface area contributed by atoms with E-state index in [-0.39, 0.29) is 6.04 Å². The summed E-state index contributed by atoms with van der Waals surface area (Å²) in [6.45, 7) is 1.11. The maximum atomic E-state index is 5.52. The van der Waals surface area contributed by atoms with E-state index >= 15 is 0 Å². The van der Waals surface area contributed by atoms with Gasteiger partial charge in [0, 0.05) is 6.42 Å². The maximum absolute atomic E-state index is 5.52. The number of hydrogen-bond donors (Lipinski definition) is 1. The van der Waals surface area contributed by atoms with Crippen molar-refractivity contribution in [1.29, 1.82) is 0 Å². The lowest BCUT2D eigenvalue weighted by Gasteiger charge is -2.13. The Hall–Kier alpha value is -1.68. The van der Waals surface area contributed by atoms with Crippen molar-refractivity contribution in [3.8, 4) is 0 Å². The van der Waals surface area contributed by atoms with Gasteiger partial charge in [-0.1, -0.05) is 41.9 Å². The largest absolute Gasteiger partial charge is 0.338 e. The Morgan fingerprint density at radius 2 is 2.05 bits per heavy atom. The zero-order chi connectivity index (χ0) is 14.1. The highest BCUT2D eigenvalue weighted by molar-refractivity contribution is 5.15. The summed E-state index contributed by atoms with van der Waals surface area (Å²) in [7, 11) is 0. The van der Waals surface area contributed by atoms with Crippen molar-refractivity contribution in [2.45, 2.75) is 38.1 Å². The fraction of sp³-hybridized carbons (Fsp3) is 0.529. The molecule has 4 heteroatoms. The van der Waals surface area contributed by atoms with Crippen molar-refractivity contribution in [2.24, 2.45) is 11.8 Å². The van der Waals surface area contributed by atoms with Crippen molar-refractivity contribution in [3.63, 3.8) is 0 Å². The smallest absolute Gasteiger partial charge is 0.244 e. The molecule has 1 aliphatic carbocycles. The van der Waals surface area contributed by atoms with Gasteiger partial charge in [0.15, 0.2) is 5.82 Å². The monoisotopic (exact) mass is 283 g/mol. The number of nitrogens with one attached hydrogen (secondary N) is 1. The Kier molecular flexibility index (Phi) is 3.47. The van der Waals surface area contributed by atoms with Gasteiger partial charge in [-0.25, -0.2) is 0 Å². The van der Waals surface area contributed by atoms with E-state index in [0.29, 0.717) is 5.92 Å². The van der Waals surface area contributed by atoms with E-state index in [0.717, 1.165) is 37.0 Å². The minimum Gasteiger partial charge on any atom is -0.338 e. The van der Waals surface area contributed by atoms with E-state index in [4.69, 9.17) is 4.52 Å². The summed E-state index contributed by atoms with van der Waals surface area (Å²) in [6.07, 6.45) is 5.80. The van der Waals surface area contributed by atoms with Crippen LogP contribution < -0.4 is 5.32 Å². The minimum atomic E-state index is 0.287. The Bertz CT molecular complexity index is 595. The Labute approximate surface area is 124 Å². The van der Waals surface area contributed by atoms with Crippen LogP contribution in [-0.2, 0) is 12.8 Å². The van der Waals surface area contributed by atoms with Gasteiger partial charge < -0.3 is 9.84 Å². The van der Waals surface area contributed by atoms with Crippen LogP contribution in [0.3, 0.4) is 0 Å². The van der Waals surface area contributed by atoms with Crippen molar-refractivity contribution in [3.05, 3.63) is 47.6 Å². The van der Waals surface area contributed by atoms with Crippen molar-refractivity contribution >= 4 is 0 Å². The molecule has 1 aromatic heterocycles. The predicted octanol–water partition coefficient (Wildman–Crippen LogP) is 2.92. The van der Waals surface area contributed by atoms with E-state index in [1.807, 2.05) is 6.07 Å². The third-order valence-corrected chi connectivity index (χ3v) is 4.98. The van der Waals surface area contributed by atoms with Crippen LogP contribution in [0.15, 0.2) is 34.9 Å². The van der Waals surface area contributed by atoms with Gasteiger partial charge in [-0.15, -0.1) is 0 Å². The molecule has 4 nitrogen and oxygen atoms in total. The molecule has 0 amide bonds. The molecule has 1 saturated carbocycles. The third kappa shape index (κ3) is 2.60. The van der Waals surface area contributed by atoms with E-state index < -0.39 is 0 Å². The summed E-state index contributed by atoms with van der Waals surface area (Å²) >= 11 is 0. The number of aromatic nitrogens is 2. The molecule has 2 fully saturated rings. The van der Waals surface area contributed by atoms with Crippen molar-refractivity contribution < 1.29 is 4.52 Å². The molecule has 1 N–H and O–H groups in total.